The minimum atomic E-state index is 0.224. The highest BCUT2D eigenvalue weighted by molar-refractivity contribution is 7.21. The third kappa shape index (κ3) is 2.35. The molecule has 0 radical (unpaired) electrons. The number of aryl methyl sites for hydroxylation is 1. The quantitative estimate of drug-likeness (QED) is 0.764. The molecule has 0 unspecified atom stereocenters. The molecule has 20 heavy (non-hydrogen) atoms. The van der Waals surface area contributed by atoms with Gasteiger partial charge in [0.15, 0.2) is 0 Å². The van der Waals surface area contributed by atoms with Crippen molar-refractivity contribution in [3.63, 3.8) is 0 Å². The van der Waals surface area contributed by atoms with Gasteiger partial charge in [0.2, 0.25) is 0 Å². The van der Waals surface area contributed by atoms with Crippen LogP contribution in [0.25, 0.3) is 10.1 Å². The lowest BCUT2D eigenvalue weighted by molar-refractivity contribution is 0.0627. The van der Waals surface area contributed by atoms with Crippen molar-refractivity contribution in [1.82, 2.24) is 4.90 Å². The molecular formula is C17H21NOS. The van der Waals surface area contributed by atoms with E-state index < -0.39 is 0 Å². The zero-order chi connectivity index (χ0) is 14.3. The van der Waals surface area contributed by atoms with Crippen LogP contribution >= 0.6 is 11.3 Å². The van der Waals surface area contributed by atoms with Crippen molar-refractivity contribution in [1.29, 1.82) is 0 Å². The van der Waals surface area contributed by atoms with E-state index in [1.54, 1.807) is 11.3 Å². The molecule has 106 valence electrons. The normalized spacial score (nSPS) is 23.2. The highest BCUT2D eigenvalue weighted by Crippen LogP contribution is 2.32. The fourth-order valence-electron chi connectivity index (χ4n) is 3.35. The number of piperidine rings is 1. The number of fused-ring (bicyclic) bond motifs is 1. The summed E-state index contributed by atoms with van der Waals surface area (Å²) in [5.41, 5.74) is 1.14. The largest absolute Gasteiger partial charge is 0.337 e. The van der Waals surface area contributed by atoms with Crippen molar-refractivity contribution in [2.24, 2.45) is 11.8 Å². The van der Waals surface area contributed by atoms with Crippen LogP contribution in [0.15, 0.2) is 24.3 Å². The third-order valence-corrected chi connectivity index (χ3v) is 5.45. The molecule has 2 aromatic rings. The molecule has 0 aliphatic carbocycles. The van der Waals surface area contributed by atoms with Gasteiger partial charge in [-0.15, -0.1) is 11.3 Å². The number of hydrogen-bond donors (Lipinski definition) is 0. The number of likely N-dealkylation sites (tertiary alicyclic amines) is 1. The summed E-state index contributed by atoms with van der Waals surface area (Å²) in [5.74, 6) is 1.44. The highest BCUT2D eigenvalue weighted by Gasteiger charge is 2.28. The van der Waals surface area contributed by atoms with E-state index in [1.807, 2.05) is 12.1 Å². The zero-order valence-corrected chi connectivity index (χ0v) is 13.2. The van der Waals surface area contributed by atoms with Crippen molar-refractivity contribution < 1.29 is 4.79 Å². The number of rotatable bonds is 1. The molecule has 3 rings (SSSR count). The standard InChI is InChI=1S/C17H21NOS/c1-11-8-12(2)10-18(9-11)17(19)16-13(3)14-6-4-5-7-15(14)20-16/h4-7,11-12H,8-10H2,1-3H3/t11-,12-/m1/s1. The van der Waals surface area contributed by atoms with Crippen molar-refractivity contribution in [3.8, 4) is 0 Å². The topological polar surface area (TPSA) is 20.3 Å². The maximum atomic E-state index is 12.8. The fraction of sp³-hybridized carbons (Fsp3) is 0.471. The van der Waals surface area contributed by atoms with Gasteiger partial charge in [-0.2, -0.15) is 0 Å². The van der Waals surface area contributed by atoms with E-state index in [2.05, 4.69) is 37.8 Å². The van der Waals surface area contributed by atoms with Gasteiger partial charge in [0.25, 0.3) is 5.91 Å². The molecule has 1 aliphatic rings. The summed E-state index contributed by atoms with van der Waals surface area (Å²) in [7, 11) is 0. The van der Waals surface area contributed by atoms with Gasteiger partial charge in [-0.05, 0) is 42.2 Å². The van der Waals surface area contributed by atoms with Gasteiger partial charge in [-0.25, -0.2) is 0 Å². The van der Waals surface area contributed by atoms with Crippen LogP contribution < -0.4 is 0 Å². The van der Waals surface area contributed by atoms with Crippen LogP contribution in [0.2, 0.25) is 0 Å². The molecular weight excluding hydrogens is 266 g/mol. The van der Waals surface area contributed by atoms with E-state index in [0.29, 0.717) is 11.8 Å². The van der Waals surface area contributed by atoms with Gasteiger partial charge in [-0.1, -0.05) is 32.0 Å². The third-order valence-electron chi connectivity index (χ3n) is 4.19. The van der Waals surface area contributed by atoms with Gasteiger partial charge >= 0.3 is 0 Å². The maximum absolute atomic E-state index is 12.8. The summed E-state index contributed by atoms with van der Waals surface area (Å²) >= 11 is 1.64. The number of amides is 1. The van der Waals surface area contributed by atoms with E-state index in [4.69, 9.17) is 0 Å². The molecule has 1 amide bonds. The Morgan fingerprint density at radius 1 is 1.20 bits per heavy atom. The summed E-state index contributed by atoms with van der Waals surface area (Å²) in [5, 5.41) is 1.22. The Bertz CT molecular complexity index is 635. The lowest BCUT2D eigenvalue weighted by atomic mass is 9.92. The molecule has 1 fully saturated rings. The second-order valence-corrected chi connectivity index (χ2v) is 7.26. The van der Waals surface area contributed by atoms with Crippen LogP contribution in [0.4, 0.5) is 0 Å². The molecule has 2 atom stereocenters. The maximum Gasteiger partial charge on any atom is 0.264 e. The second kappa shape index (κ2) is 5.21. The fourth-order valence-corrected chi connectivity index (χ4v) is 4.53. The number of benzene rings is 1. The SMILES string of the molecule is Cc1c(C(=O)N2C[C@H](C)C[C@@H](C)C2)sc2ccccc12. The Balaban J connectivity index is 1.94. The average Bonchev–Trinajstić information content (AvgIpc) is 2.75. The van der Waals surface area contributed by atoms with Crippen molar-refractivity contribution in [3.05, 3.63) is 34.7 Å². The van der Waals surface area contributed by atoms with Gasteiger partial charge in [-0.3, -0.25) is 4.79 Å². The van der Waals surface area contributed by atoms with Crippen molar-refractivity contribution in [2.45, 2.75) is 27.2 Å². The van der Waals surface area contributed by atoms with E-state index in [1.165, 1.54) is 16.5 Å². The summed E-state index contributed by atoms with van der Waals surface area (Å²) in [6.07, 6.45) is 1.23. The number of carbonyl (C=O) groups excluding carboxylic acids is 1. The number of hydrogen-bond acceptors (Lipinski definition) is 2. The van der Waals surface area contributed by atoms with Crippen LogP contribution in [0, 0.1) is 18.8 Å². The Labute approximate surface area is 124 Å². The summed E-state index contributed by atoms with van der Waals surface area (Å²) < 4.78 is 1.21. The lowest BCUT2D eigenvalue weighted by Crippen LogP contribution is -2.42. The average molecular weight is 287 g/mol. The molecule has 0 saturated carbocycles. The molecule has 1 saturated heterocycles. The minimum absolute atomic E-state index is 0.224. The number of thiophene rings is 1. The predicted octanol–water partition coefficient (Wildman–Crippen LogP) is 4.33. The molecule has 0 N–H and O–H groups in total. The first-order chi connectivity index (χ1) is 9.56. The van der Waals surface area contributed by atoms with Crippen LogP contribution in [-0.2, 0) is 0 Å². The number of carbonyl (C=O) groups is 1. The van der Waals surface area contributed by atoms with Crippen molar-refractivity contribution >= 4 is 27.3 Å². The van der Waals surface area contributed by atoms with E-state index in [-0.39, 0.29) is 5.91 Å². The molecule has 0 spiro atoms. The molecule has 2 nitrogen and oxygen atoms in total. The van der Waals surface area contributed by atoms with Crippen LogP contribution in [0.1, 0.15) is 35.5 Å². The molecule has 2 heterocycles. The Morgan fingerprint density at radius 2 is 1.85 bits per heavy atom. The van der Waals surface area contributed by atoms with Crippen molar-refractivity contribution in [2.75, 3.05) is 13.1 Å². The smallest absolute Gasteiger partial charge is 0.264 e. The van der Waals surface area contributed by atoms with E-state index in [9.17, 15) is 4.79 Å². The van der Waals surface area contributed by atoms with Gasteiger partial charge in [0.05, 0.1) is 4.88 Å². The minimum Gasteiger partial charge on any atom is -0.337 e. The summed E-state index contributed by atoms with van der Waals surface area (Å²) in [6.45, 7) is 8.36. The highest BCUT2D eigenvalue weighted by atomic mass is 32.1. The molecule has 3 heteroatoms. The summed E-state index contributed by atoms with van der Waals surface area (Å²) in [6, 6.07) is 8.30. The van der Waals surface area contributed by atoms with Gasteiger partial charge in [0, 0.05) is 17.8 Å². The first kappa shape index (κ1) is 13.6. The Kier molecular flexibility index (Phi) is 3.55. The monoisotopic (exact) mass is 287 g/mol. The van der Waals surface area contributed by atoms with Crippen LogP contribution in [0.5, 0.6) is 0 Å². The second-order valence-electron chi connectivity index (χ2n) is 6.21. The Morgan fingerprint density at radius 3 is 2.50 bits per heavy atom. The lowest BCUT2D eigenvalue weighted by Gasteiger charge is -2.34. The van der Waals surface area contributed by atoms with Gasteiger partial charge < -0.3 is 4.90 Å². The Hall–Kier alpha value is -1.35. The first-order valence-corrected chi connectivity index (χ1v) is 8.15. The first-order valence-electron chi connectivity index (χ1n) is 7.33. The molecule has 0 bridgehead atoms. The number of nitrogens with zero attached hydrogens (tertiary/aromatic N) is 1. The van der Waals surface area contributed by atoms with Crippen LogP contribution in [0.3, 0.4) is 0 Å². The predicted molar refractivity (Wildman–Crippen MR) is 85.4 cm³/mol. The van der Waals surface area contributed by atoms with E-state index >= 15 is 0 Å². The van der Waals surface area contributed by atoms with Crippen LogP contribution in [-0.4, -0.2) is 23.9 Å². The molecule has 1 aromatic carbocycles. The summed E-state index contributed by atoms with van der Waals surface area (Å²) in [4.78, 5) is 15.8. The molecule has 1 aliphatic heterocycles. The molecule has 1 aromatic heterocycles. The van der Waals surface area contributed by atoms with E-state index in [0.717, 1.165) is 23.5 Å². The van der Waals surface area contributed by atoms with Gasteiger partial charge in [0.1, 0.15) is 0 Å². The zero-order valence-electron chi connectivity index (χ0n) is 12.3.